The van der Waals surface area contributed by atoms with E-state index in [1.165, 1.54) is 17.2 Å². The summed E-state index contributed by atoms with van der Waals surface area (Å²) >= 11 is 0. The first-order chi connectivity index (χ1) is 16.5. The smallest absolute Gasteiger partial charge is 0.418 e. The highest BCUT2D eigenvalue weighted by Gasteiger charge is 2.42. The van der Waals surface area contributed by atoms with E-state index in [0.29, 0.717) is 18.7 Å². The third-order valence-corrected chi connectivity index (χ3v) is 7.02. The molecule has 7 nitrogen and oxygen atoms in total. The van der Waals surface area contributed by atoms with Crippen LogP contribution in [0.4, 0.5) is 18.4 Å². The lowest BCUT2D eigenvalue weighted by atomic mass is 9.84. The molecule has 3 heterocycles. The number of imide groups is 1. The highest BCUT2D eigenvalue weighted by atomic mass is 19.2. The van der Waals surface area contributed by atoms with E-state index in [2.05, 4.69) is 28.4 Å². The molecule has 1 unspecified atom stereocenters. The van der Waals surface area contributed by atoms with Crippen molar-refractivity contribution in [3.8, 4) is 0 Å². The largest absolute Gasteiger partial charge is 0.446 e. The van der Waals surface area contributed by atoms with Crippen molar-refractivity contribution in [3.63, 3.8) is 0 Å². The molecular weight excluding hydrogens is 444 g/mol. The van der Waals surface area contributed by atoms with E-state index in [1.807, 2.05) is 6.07 Å². The lowest BCUT2D eigenvalue weighted by Crippen LogP contribution is -2.44. The van der Waals surface area contributed by atoms with Crippen molar-refractivity contribution in [1.82, 2.24) is 15.1 Å². The molecule has 34 heavy (non-hydrogen) atoms. The van der Waals surface area contributed by atoms with Gasteiger partial charge in [-0.25, -0.2) is 23.3 Å². The quantitative estimate of drug-likeness (QED) is 0.666. The molecule has 3 aliphatic rings. The average molecular weight is 472 g/mol. The maximum Gasteiger partial charge on any atom is 0.418 e. The van der Waals surface area contributed by atoms with Crippen molar-refractivity contribution in [2.75, 3.05) is 32.8 Å². The molecule has 3 aliphatic heterocycles. The monoisotopic (exact) mass is 471 g/mol. The average Bonchev–Trinajstić information content (AvgIpc) is 3.41. The van der Waals surface area contributed by atoms with Gasteiger partial charge in [0.15, 0.2) is 11.6 Å². The van der Waals surface area contributed by atoms with Crippen LogP contribution in [0, 0.1) is 11.6 Å². The summed E-state index contributed by atoms with van der Waals surface area (Å²) in [6.07, 6.45) is 1.79. The normalized spacial score (nSPS) is 21.5. The molecule has 1 atom stereocenters. The molecule has 3 amide bonds. The van der Waals surface area contributed by atoms with Crippen molar-refractivity contribution >= 4 is 12.1 Å². The first-order valence-electron chi connectivity index (χ1n) is 11.6. The van der Waals surface area contributed by atoms with Crippen molar-refractivity contribution in [2.45, 2.75) is 37.5 Å². The third-order valence-electron chi connectivity index (χ3n) is 7.02. The van der Waals surface area contributed by atoms with Gasteiger partial charge in [-0.1, -0.05) is 30.3 Å². The number of carbonyl (C=O) groups excluding carboxylic acids is 2. The molecule has 0 aliphatic carbocycles. The highest BCUT2D eigenvalue weighted by molar-refractivity contribution is 5.92. The second-order valence-corrected chi connectivity index (χ2v) is 9.00. The van der Waals surface area contributed by atoms with E-state index in [1.54, 1.807) is 0 Å². The van der Waals surface area contributed by atoms with E-state index >= 15 is 0 Å². The molecule has 0 bridgehead atoms. The van der Waals surface area contributed by atoms with Crippen molar-refractivity contribution in [3.05, 3.63) is 70.8 Å². The van der Waals surface area contributed by atoms with Gasteiger partial charge in [-0.15, -0.1) is 0 Å². The molecule has 5 rings (SSSR count). The van der Waals surface area contributed by atoms with Gasteiger partial charge in [0.1, 0.15) is 12.6 Å². The molecule has 1 spiro atoms. The number of rotatable bonds is 5. The van der Waals surface area contributed by atoms with Gasteiger partial charge in [-0.2, -0.15) is 0 Å². The van der Waals surface area contributed by atoms with Crippen LogP contribution in [0.1, 0.15) is 42.0 Å². The molecule has 180 valence electrons. The van der Waals surface area contributed by atoms with Gasteiger partial charge in [0.2, 0.25) is 0 Å². The summed E-state index contributed by atoms with van der Waals surface area (Å²) in [5.74, 6) is -2.02. The van der Waals surface area contributed by atoms with Crippen molar-refractivity contribution < 1.29 is 27.8 Å². The Morgan fingerprint density at radius 2 is 1.91 bits per heavy atom. The Bertz CT molecular complexity index is 1090. The number of halogens is 2. The molecule has 2 saturated heterocycles. The third kappa shape index (κ3) is 4.25. The van der Waals surface area contributed by atoms with Crippen LogP contribution >= 0.6 is 0 Å². The first-order valence-corrected chi connectivity index (χ1v) is 11.6. The van der Waals surface area contributed by atoms with Crippen LogP contribution in [0.5, 0.6) is 0 Å². The number of nitrogens with one attached hydrogen (secondary N) is 1. The number of nitrogens with zero attached hydrogens (tertiary/aromatic N) is 2. The molecular formula is C25H27F2N3O4. The second-order valence-electron chi connectivity index (χ2n) is 9.00. The molecule has 2 aromatic carbocycles. The topological polar surface area (TPSA) is 71.1 Å². The molecule has 1 N–H and O–H groups in total. The van der Waals surface area contributed by atoms with E-state index in [-0.39, 0.29) is 12.2 Å². The van der Waals surface area contributed by atoms with Crippen LogP contribution in [0.15, 0.2) is 42.5 Å². The fraction of sp³-hybridized carbons (Fsp3) is 0.440. The number of likely N-dealkylation sites (tertiary alicyclic amines) is 1. The molecule has 0 saturated carbocycles. The lowest BCUT2D eigenvalue weighted by molar-refractivity contribution is -0.0787. The minimum Gasteiger partial charge on any atom is -0.446 e. The Kier molecular flexibility index (Phi) is 6.22. The number of hydrogen-bond acceptors (Lipinski definition) is 5. The Balaban J connectivity index is 1.09. The fourth-order valence-corrected chi connectivity index (χ4v) is 5.13. The summed E-state index contributed by atoms with van der Waals surface area (Å²) in [5, 5.41) is 2.75. The summed E-state index contributed by atoms with van der Waals surface area (Å²) in [6.45, 7) is 3.60. The minimum absolute atomic E-state index is 0.0992. The zero-order valence-corrected chi connectivity index (χ0v) is 18.8. The summed E-state index contributed by atoms with van der Waals surface area (Å²) in [4.78, 5) is 28.0. The summed E-state index contributed by atoms with van der Waals surface area (Å²) in [7, 11) is 0. The zero-order chi connectivity index (χ0) is 23.7. The van der Waals surface area contributed by atoms with E-state index in [9.17, 15) is 18.4 Å². The Morgan fingerprint density at radius 3 is 2.71 bits per heavy atom. The SMILES string of the molecule is O=C(NCCCN1CCC2(CC1)OCc1ccccc12)N1C(=O)OCC1c1ccc(F)c(F)c1. The number of piperidine rings is 1. The number of hydrogen-bond donors (Lipinski definition) is 1. The summed E-state index contributed by atoms with van der Waals surface area (Å²) in [5.41, 5.74) is 2.72. The number of cyclic esters (lactones) is 1. The van der Waals surface area contributed by atoms with Gasteiger partial charge in [0.05, 0.1) is 12.2 Å². The van der Waals surface area contributed by atoms with Crippen LogP contribution in [-0.4, -0.2) is 54.7 Å². The van der Waals surface area contributed by atoms with E-state index < -0.39 is 29.8 Å². The van der Waals surface area contributed by atoms with Crippen LogP contribution in [-0.2, 0) is 21.7 Å². The van der Waals surface area contributed by atoms with Gasteiger partial charge in [-0.3, -0.25) is 0 Å². The molecule has 0 radical (unpaired) electrons. The number of amides is 3. The Morgan fingerprint density at radius 1 is 1.12 bits per heavy atom. The molecule has 2 fully saturated rings. The highest BCUT2D eigenvalue weighted by Crippen LogP contribution is 2.43. The summed E-state index contributed by atoms with van der Waals surface area (Å²) in [6, 6.07) is 10.3. The standard InChI is InChI=1S/C25H27F2N3O4/c26-20-7-6-17(14-21(20)27)22-16-33-24(32)30(22)23(31)28-10-3-11-29-12-8-25(9-13-29)19-5-2-1-4-18(19)15-34-25/h1-2,4-7,14,22H,3,8-13,15-16H2,(H,28,31). The predicted molar refractivity (Wildman–Crippen MR) is 119 cm³/mol. The lowest BCUT2D eigenvalue weighted by Gasteiger charge is -2.39. The number of fused-ring (bicyclic) bond motifs is 2. The summed E-state index contributed by atoms with van der Waals surface area (Å²) < 4.78 is 38.1. The van der Waals surface area contributed by atoms with Crippen molar-refractivity contribution in [1.29, 1.82) is 0 Å². The van der Waals surface area contributed by atoms with E-state index in [4.69, 9.17) is 9.47 Å². The van der Waals surface area contributed by atoms with Gasteiger partial charge < -0.3 is 19.7 Å². The van der Waals surface area contributed by atoms with Crippen molar-refractivity contribution in [2.24, 2.45) is 0 Å². The maximum absolute atomic E-state index is 13.6. The zero-order valence-electron chi connectivity index (χ0n) is 18.8. The van der Waals surface area contributed by atoms with Crippen LogP contribution < -0.4 is 5.32 Å². The first kappa shape index (κ1) is 22.7. The van der Waals surface area contributed by atoms with E-state index in [0.717, 1.165) is 55.9 Å². The number of benzene rings is 2. The van der Waals surface area contributed by atoms with Crippen LogP contribution in [0.3, 0.4) is 0 Å². The maximum atomic E-state index is 13.6. The molecule has 9 heteroatoms. The van der Waals surface area contributed by atoms with Gasteiger partial charge >= 0.3 is 12.1 Å². The van der Waals surface area contributed by atoms with Gasteiger partial charge in [-0.05, 0) is 54.6 Å². The van der Waals surface area contributed by atoms with Gasteiger partial charge in [0.25, 0.3) is 0 Å². The predicted octanol–water partition coefficient (Wildman–Crippen LogP) is 4.08. The Hall–Kier alpha value is -3.04. The number of carbonyl (C=O) groups is 2. The molecule has 0 aromatic heterocycles. The number of ether oxygens (including phenoxy) is 2. The second kappa shape index (κ2) is 9.31. The molecule has 2 aromatic rings. The minimum atomic E-state index is -1.04. The van der Waals surface area contributed by atoms with Crippen LogP contribution in [0.2, 0.25) is 0 Å². The van der Waals surface area contributed by atoms with Gasteiger partial charge in [0, 0.05) is 19.6 Å². The Labute approximate surface area is 196 Å². The fourth-order valence-electron chi connectivity index (χ4n) is 5.13. The number of urea groups is 1. The van der Waals surface area contributed by atoms with Crippen LogP contribution in [0.25, 0.3) is 0 Å².